The van der Waals surface area contributed by atoms with Crippen molar-refractivity contribution in [2.75, 3.05) is 23.3 Å². The van der Waals surface area contributed by atoms with Crippen molar-refractivity contribution in [3.05, 3.63) is 53.6 Å². The SMILES string of the molecule is CC[C@@H](C)Oc1ccc(C(=O)Nc2cc(C(F)(F)F)ccc2N2CCCC2)cc1. The minimum absolute atomic E-state index is 0.0582. The minimum atomic E-state index is -4.47. The van der Waals surface area contributed by atoms with Gasteiger partial charge in [-0.2, -0.15) is 13.2 Å². The molecular formula is C22H25F3N2O2. The number of hydrogen-bond acceptors (Lipinski definition) is 3. The molecule has 7 heteroatoms. The second-order valence-corrected chi connectivity index (χ2v) is 7.24. The topological polar surface area (TPSA) is 41.6 Å². The van der Waals surface area contributed by atoms with Gasteiger partial charge in [-0.15, -0.1) is 0 Å². The van der Waals surface area contributed by atoms with Gasteiger partial charge in [-0.1, -0.05) is 6.92 Å². The molecule has 2 aromatic rings. The predicted molar refractivity (Wildman–Crippen MR) is 108 cm³/mol. The number of alkyl halides is 3. The lowest BCUT2D eigenvalue weighted by Gasteiger charge is -2.23. The molecule has 0 saturated carbocycles. The van der Waals surface area contributed by atoms with Crippen LogP contribution in [0.4, 0.5) is 24.5 Å². The molecule has 0 aliphatic carbocycles. The zero-order chi connectivity index (χ0) is 21.0. The Bertz CT molecular complexity index is 844. The third-order valence-electron chi connectivity index (χ3n) is 5.05. The molecule has 0 bridgehead atoms. The summed E-state index contributed by atoms with van der Waals surface area (Å²) in [5, 5.41) is 2.67. The van der Waals surface area contributed by atoms with Crippen molar-refractivity contribution in [3.63, 3.8) is 0 Å². The fraction of sp³-hybridized carbons (Fsp3) is 0.409. The Kier molecular flexibility index (Phi) is 6.35. The summed E-state index contributed by atoms with van der Waals surface area (Å²) in [6.45, 7) is 5.49. The molecule has 29 heavy (non-hydrogen) atoms. The molecule has 2 aromatic carbocycles. The van der Waals surface area contributed by atoms with Crippen molar-refractivity contribution in [2.24, 2.45) is 0 Å². The maximum atomic E-state index is 13.2. The van der Waals surface area contributed by atoms with Crippen LogP contribution >= 0.6 is 0 Å². The fourth-order valence-corrected chi connectivity index (χ4v) is 3.24. The fourth-order valence-electron chi connectivity index (χ4n) is 3.24. The number of ether oxygens (including phenoxy) is 1. The molecule has 156 valence electrons. The van der Waals surface area contributed by atoms with Crippen LogP contribution in [0.5, 0.6) is 5.75 Å². The maximum absolute atomic E-state index is 13.2. The molecule has 3 rings (SSSR count). The summed E-state index contributed by atoms with van der Waals surface area (Å²) in [6.07, 6.45) is -1.60. The number of nitrogens with one attached hydrogen (secondary N) is 1. The van der Waals surface area contributed by atoms with Gasteiger partial charge >= 0.3 is 6.18 Å². The van der Waals surface area contributed by atoms with Crippen molar-refractivity contribution >= 4 is 17.3 Å². The lowest BCUT2D eigenvalue weighted by Crippen LogP contribution is -2.22. The zero-order valence-electron chi connectivity index (χ0n) is 16.6. The third-order valence-corrected chi connectivity index (χ3v) is 5.05. The molecule has 1 N–H and O–H groups in total. The van der Waals surface area contributed by atoms with E-state index in [1.54, 1.807) is 24.3 Å². The van der Waals surface area contributed by atoms with Crippen molar-refractivity contribution < 1.29 is 22.7 Å². The first-order valence-electron chi connectivity index (χ1n) is 9.82. The van der Waals surface area contributed by atoms with E-state index in [1.165, 1.54) is 6.07 Å². The number of amides is 1. The number of carbonyl (C=O) groups is 1. The number of nitrogens with zero attached hydrogens (tertiary/aromatic N) is 1. The molecule has 1 aliphatic heterocycles. The van der Waals surface area contributed by atoms with Crippen LogP contribution in [0.25, 0.3) is 0 Å². The quantitative estimate of drug-likeness (QED) is 0.666. The Labute approximate surface area is 168 Å². The Morgan fingerprint density at radius 1 is 1.14 bits per heavy atom. The largest absolute Gasteiger partial charge is 0.491 e. The van der Waals surface area contributed by atoms with Crippen LogP contribution in [-0.4, -0.2) is 25.1 Å². The van der Waals surface area contributed by atoms with Crippen LogP contribution in [0, 0.1) is 0 Å². The smallest absolute Gasteiger partial charge is 0.416 e. The molecule has 1 heterocycles. The van der Waals surface area contributed by atoms with Gasteiger partial charge in [-0.3, -0.25) is 4.79 Å². The molecule has 0 unspecified atom stereocenters. The number of benzene rings is 2. The van der Waals surface area contributed by atoms with Gasteiger partial charge in [0.15, 0.2) is 0 Å². The third kappa shape index (κ3) is 5.22. The van der Waals surface area contributed by atoms with Crippen LogP contribution in [0.15, 0.2) is 42.5 Å². The van der Waals surface area contributed by atoms with Crippen LogP contribution in [0.1, 0.15) is 49.0 Å². The van der Waals surface area contributed by atoms with Gasteiger partial charge in [-0.25, -0.2) is 0 Å². The summed E-state index contributed by atoms with van der Waals surface area (Å²) in [5.41, 5.74) is 0.353. The number of anilines is 2. The van der Waals surface area contributed by atoms with Gasteiger partial charge in [0.25, 0.3) is 5.91 Å². The van der Waals surface area contributed by atoms with E-state index >= 15 is 0 Å². The van der Waals surface area contributed by atoms with Gasteiger partial charge in [0, 0.05) is 18.7 Å². The Hall–Kier alpha value is -2.70. The normalized spacial score (nSPS) is 15.3. The van der Waals surface area contributed by atoms with Crippen molar-refractivity contribution in [2.45, 2.75) is 45.4 Å². The maximum Gasteiger partial charge on any atom is 0.416 e. The van der Waals surface area contributed by atoms with Gasteiger partial charge in [0.05, 0.1) is 23.0 Å². The summed E-state index contributed by atoms with van der Waals surface area (Å²) < 4.78 is 45.2. The average molecular weight is 406 g/mol. The number of hydrogen-bond donors (Lipinski definition) is 1. The van der Waals surface area contributed by atoms with E-state index in [0.29, 0.717) is 17.0 Å². The Morgan fingerprint density at radius 3 is 2.38 bits per heavy atom. The molecule has 0 aromatic heterocycles. The molecule has 1 saturated heterocycles. The summed E-state index contributed by atoms with van der Waals surface area (Å²) in [6, 6.07) is 10.1. The highest BCUT2D eigenvalue weighted by Gasteiger charge is 2.32. The molecule has 0 spiro atoms. The molecule has 4 nitrogen and oxygen atoms in total. The molecule has 1 atom stereocenters. The minimum Gasteiger partial charge on any atom is -0.491 e. The summed E-state index contributed by atoms with van der Waals surface area (Å²) in [7, 11) is 0. The van der Waals surface area contributed by atoms with Crippen LogP contribution in [0.3, 0.4) is 0 Å². The van der Waals surface area contributed by atoms with Crippen molar-refractivity contribution in [1.29, 1.82) is 0 Å². The van der Waals surface area contributed by atoms with Gasteiger partial charge in [-0.05, 0) is 68.7 Å². The van der Waals surface area contributed by atoms with E-state index in [4.69, 9.17) is 4.74 Å². The lowest BCUT2D eigenvalue weighted by molar-refractivity contribution is -0.137. The first kappa shape index (κ1) is 21.0. The van der Waals surface area contributed by atoms with Gasteiger partial charge < -0.3 is 15.0 Å². The summed E-state index contributed by atoms with van der Waals surface area (Å²) in [4.78, 5) is 14.7. The summed E-state index contributed by atoms with van der Waals surface area (Å²) >= 11 is 0. The molecular weight excluding hydrogens is 381 g/mol. The standard InChI is InChI=1S/C22H25F3N2O2/c1-3-15(2)29-18-9-6-16(7-10-18)21(28)26-19-14-17(22(23,24)25)8-11-20(19)27-12-4-5-13-27/h6-11,14-15H,3-5,12-13H2,1-2H3,(H,26,28)/t15-/m1/s1. The second-order valence-electron chi connectivity index (χ2n) is 7.24. The molecule has 0 radical (unpaired) electrons. The van der Waals surface area contributed by atoms with E-state index < -0.39 is 17.6 Å². The number of halogens is 3. The number of rotatable bonds is 6. The zero-order valence-corrected chi connectivity index (χ0v) is 16.6. The first-order valence-corrected chi connectivity index (χ1v) is 9.82. The average Bonchev–Trinajstić information content (AvgIpc) is 3.22. The predicted octanol–water partition coefficient (Wildman–Crippen LogP) is 5.74. The van der Waals surface area contributed by atoms with E-state index in [9.17, 15) is 18.0 Å². The highest BCUT2D eigenvalue weighted by atomic mass is 19.4. The van der Waals surface area contributed by atoms with Gasteiger partial charge in [0.2, 0.25) is 0 Å². The van der Waals surface area contributed by atoms with Gasteiger partial charge in [0.1, 0.15) is 5.75 Å². The van der Waals surface area contributed by atoms with E-state index in [2.05, 4.69) is 5.32 Å². The van der Waals surface area contributed by atoms with Crippen molar-refractivity contribution in [1.82, 2.24) is 0 Å². The van der Waals surface area contributed by atoms with Crippen LogP contribution < -0.4 is 15.0 Å². The lowest BCUT2D eigenvalue weighted by atomic mass is 10.1. The van der Waals surface area contributed by atoms with Crippen LogP contribution in [-0.2, 0) is 6.18 Å². The molecule has 1 amide bonds. The highest BCUT2D eigenvalue weighted by molar-refractivity contribution is 6.06. The summed E-state index contributed by atoms with van der Waals surface area (Å²) in [5.74, 6) is 0.188. The van der Waals surface area contributed by atoms with Crippen LogP contribution in [0.2, 0.25) is 0 Å². The monoisotopic (exact) mass is 406 g/mol. The second kappa shape index (κ2) is 8.76. The van der Waals surface area contributed by atoms with Crippen molar-refractivity contribution in [3.8, 4) is 5.75 Å². The molecule has 1 fully saturated rings. The van der Waals surface area contributed by atoms with E-state index in [0.717, 1.165) is 44.5 Å². The number of carbonyl (C=O) groups excluding carboxylic acids is 1. The highest BCUT2D eigenvalue weighted by Crippen LogP contribution is 2.36. The Balaban J connectivity index is 1.82. The van der Waals surface area contributed by atoms with E-state index in [1.807, 2.05) is 18.7 Å². The van der Waals surface area contributed by atoms with E-state index in [-0.39, 0.29) is 11.8 Å². The first-order chi connectivity index (χ1) is 13.8. The Morgan fingerprint density at radius 2 is 1.79 bits per heavy atom. The molecule has 1 aliphatic rings.